The van der Waals surface area contributed by atoms with Crippen molar-refractivity contribution in [1.82, 2.24) is 15.3 Å². The third kappa shape index (κ3) is 4.53. The van der Waals surface area contributed by atoms with Gasteiger partial charge in [0, 0.05) is 18.9 Å². The van der Waals surface area contributed by atoms with Gasteiger partial charge in [0.1, 0.15) is 0 Å². The summed E-state index contributed by atoms with van der Waals surface area (Å²) in [5, 5.41) is 6.40. The molecule has 0 saturated carbocycles. The van der Waals surface area contributed by atoms with Crippen molar-refractivity contribution in [3.8, 4) is 0 Å². The van der Waals surface area contributed by atoms with Gasteiger partial charge in [-0.05, 0) is 35.4 Å². The molecule has 0 spiro atoms. The molecular formula is C9H15BrN4. The van der Waals surface area contributed by atoms with Crippen LogP contribution in [0.5, 0.6) is 0 Å². The molecule has 14 heavy (non-hydrogen) atoms. The highest BCUT2D eigenvalue weighted by Crippen LogP contribution is 2.06. The fourth-order valence-corrected chi connectivity index (χ4v) is 1.20. The molecular weight excluding hydrogens is 244 g/mol. The highest BCUT2D eigenvalue weighted by molar-refractivity contribution is 9.10. The SMILES string of the molecule is CCNCCCNc1ncc(Br)cn1. The molecule has 0 aromatic carbocycles. The second-order valence-electron chi connectivity index (χ2n) is 2.86. The Morgan fingerprint density at radius 2 is 2.00 bits per heavy atom. The Hall–Kier alpha value is -0.680. The number of halogens is 1. The molecule has 4 nitrogen and oxygen atoms in total. The fraction of sp³-hybridized carbons (Fsp3) is 0.556. The fourth-order valence-electron chi connectivity index (χ4n) is 0.994. The summed E-state index contributed by atoms with van der Waals surface area (Å²) in [6.07, 6.45) is 4.55. The first kappa shape index (κ1) is 11.4. The molecule has 0 atom stereocenters. The van der Waals surface area contributed by atoms with Crippen molar-refractivity contribution >= 4 is 21.9 Å². The number of hydrogen-bond donors (Lipinski definition) is 2. The van der Waals surface area contributed by atoms with Gasteiger partial charge in [-0.25, -0.2) is 9.97 Å². The highest BCUT2D eigenvalue weighted by Gasteiger charge is 1.93. The minimum absolute atomic E-state index is 0.685. The first-order valence-corrected chi connectivity index (χ1v) is 5.54. The van der Waals surface area contributed by atoms with E-state index in [2.05, 4.69) is 43.5 Å². The summed E-state index contributed by atoms with van der Waals surface area (Å²) in [5.74, 6) is 0.685. The average Bonchev–Trinajstić information content (AvgIpc) is 2.21. The van der Waals surface area contributed by atoms with Crippen LogP contribution in [0.3, 0.4) is 0 Å². The smallest absolute Gasteiger partial charge is 0.222 e. The zero-order chi connectivity index (χ0) is 10.2. The molecule has 1 aromatic heterocycles. The number of aromatic nitrogens is 2. The molecule has 0 fully saturated rings. The van der Waals surface area contributed by atoms with Crippen molar-refractivity contribution < 1.29 is 0 Å². The quantitative estimate of drug-likeness (QED) is 0.763. The van der Waals surface area contributed by atoms with E-state index in [0.29, 0.717) is 5.95 Å². The summed E-state index contributed by atoms with van der Waals surface area (Å²) in [7, 11) is 0. The molecule has 2 N–H and O–H groups in total. The van der Waals surface area contributed by atoms with Crippen LogP contribution in [0.15, 0.2) is 16.9 Å². The maximum Gasteiger partial charge on any atom is 0.222 e. The molecule has 78 valence electrons. The van der Waals surface area contributed by atoms with E-state index in [1.165, 1.54) is 0 Å². The summed E-state index contributed by atoms with van der Waals surface area (Å²) in [6, 6.07) is 0. The van der Waals surface area contributed by atoms with Gasteiger partial charge < -0.3 is 10.6 Å². The van der Waals surface area contributed by atoms with Crippen molar-refractivity contribution in [2.45, 2.75) is 13.3 Å². The predicted octanol–water partition coefficient (Wildman–Crippen LogP) is 1.65. The van der Waals surface area contributed by atoms with E-state index in [0.717, 1.165) is 30.5 Å². The molecule has 0 amide bonds. The maximum absolute atomic E-state index is 4.11. The molecule has 5 heteroatoms. The van der Waals surface area contributed by atoms with Crippen molar-refractivity contribution in [2.75, 3.05) is 25.0 Å². The van der Waals surface area contributed by atoms with Gasteiger partial charge in [-0.1, -0.05) is 6.92 Å². The standard InChI is InChI=1S/C9H15BrN4/c1-2-11-4-3-5-12-9-13-6-8(10)7-14-9/h6-7,11H,2-5H2,1H3,(H,12,13,14). The van der Waals surface area contributed by atoms with Gasteiger partial charge in [0.25, 0.3) is 0 Å². The minimum atomic E-state index is 0.685. The van der Waals surface area contributed by atoms with E-state index in [-0.39, 0.29) is 0 Å². The van der Waals surface area contributed by atoms with Gasteiger partial charge in [0.05, 0.1) is 4.47 Å². The molecule has 0 aliphatic rings. The zero-order valence-corrected chi connectivity index (χ0v) is 9.84. The van der Waals surface area contributed by atoms with E-state index in [9.17, 15) is 0 Å². The second kappa shape index (κ2) is 6.73. The van der Waals surface area contributed by atoms with E-state index in [1.807, 2.05) is 0 Å². The Morgan fingerprint density at radius 1 is 1.29 bits per heavy atom. The molecule has 1 rings (SSSR count). The number of nitrogens with zero attached hydrogens (tertiary/aromatic N) is 2. The largest absolute Gasteiger partial charge is 0.354 e. The lowest BCUT2D eigenvalue weighted by atomic mass is 10.4. The second-order valence-corrected chi connectivity index (χ2v) is 3.77. The highest BCUT2D eigenvalue weighted by atomic mass is 79.9. The first-order valence-electron chi connectivity index (χ1n) is 4.75. The maximum atomic E-state index is 4.11. The lowest BCUT2D eigenvalue weighted by molar-refractivity contribution is 0.687. The van der Waals surface area contributed by atoms with Gasteiger partial charge in [0.15, 0.2) is 0 Å². The molecule has 0 saturated heterocycles. The van der Waals surface area contributed by atoms with E-state index in [4.69, 9.17) is 0 Å². The van der Waals surface area contributed by atoms with E-state index >= 15 is 0 Å². The number of anilines is 1. The van der Waals surface area contributed by atoms with Crippen LogP contribution < -0.4 is 10.6 Å². The first-order chi connectivity index (χ1) is 6.83. The van der Waals surface area contributed by atoms with Crippen LogP contribution in [0.1, 0.15) is 13.3 Å². The summed E-state index contributed by atoms with van der Waals surface area (Å²) >= 11 is 3.29. The normalized spacial score (nSPS) is 10.1. The molecule has 0 aliphatic carbocycles. The van der Waals surface area contributed by atoms with Gasteiger partial charge in [-0.3, -0.25) is 0 Å². The average molecular weight is 259 g/mol. The molecule has 1 heterocycles. The van der Waals surface area contributed by atoms with Crippen LogP contribution >= 0.6 is 15.9 Å². The van der Waals surface area contributed by atoms with Crippen LogP contribution in [-0.4, -0.2) is 29.6 Å². The third-order valence-corrected chi connectivity index (χ3v) is 2.09. The van der Waals surface area contributed by atoms with Crippen molar-refractivity contribution in [2.24, 2.45) is 0 Å². The van der Waals surface area contributed by atoms with Gasteiger partial charge in [0.2, 0.25) is 5.95 Å². The number of nitrogens with one attached hydrogen (secondary N) is 2. The summed E-state index contributed by atoms with van der Waals surface area (Å²) in [5.41, 5.74) is 0. The Bertz CT molecular complexity index is 249. The molecule has 1 aromatic rings. The zero-order valence-electron chi connectivity index (χ0n) is 8.26. The lowest BCUT2D eigenvalue weighted by Gasteiger charge is -2.04. The number of hydrogen-bond acceptors (Lipinski definition) is 4. The Balaban J connectivity index is 2.15. The van der Waals surface area contributed by atoms with Crippen molar-refractivity contribution in [1.29, 1.82) is 0 Å². The van der Waals surface area contributed by atoms with Crippen LogP contribution in [-0.2, 0) is 0 Å². The van der Waals surface area contributed by atoms with Crippen LogP contribution in [0.25, 0.3) is 0 Å². The number of rotatable bonds is 6. The summed E-state index contributed by atoms with van der Waals surface area (Å²) < 4.78 is 0.899. The topological polar surface area (TPSA) is 49.8 Å². The molecule has 0 bridgehead atoms. The van der Waals surface area contributed by atoms with Gasteiger partial charge >= 0.3 is 0 Å². The summed E-state index contributed by atoms with van der Waals surface area (Å²) in [4.78, 5) is 8.21. The molecule has 0 radical (unpaired) electrons. The van der Waals surface area contributed by atoms with Gasteiger partial charge in [-0.2, -0.15) is 0 Å². The van der Waals surface area contributed by atoms with Crippen LogP contribution in [0.4, 0.5) is 5.95 Å². The van der Waals surface area contributed by atoms with Crippen LogP contribution in [0, 0.1) is 0 Å². The molecule has 0 unspecified atom stereocenters. The summed E-state index contributed by atoms with van der Waals surface area (Å²) in [6.45, 7) is 5.05. The Morgan fingerprint density at radius 3 is 2.64 bits per heavy atom. The molecule has 0 aliphatic heterocycles. The van der Waals surface area contributed by atoms with Crippen molar-refractivity contribution in [3.63, 3.8) is 0 Å². The lowest BCUT2D eigenvalue weighted by Crippen LogP contribution is -2.17. The van der Waals surface area contributed by atoms with Crippen molar-refractivity contribution in [3.05, 3.63) is 16.9 Å². The van der Waals surface area contributed by atoms with E-state index in [1.54, 1.807) is 12.4 Å². The van der Waals surface area contributed by atoms with Crippen LogP contribution in [0.2, 0.25) is 0 Å². The Kier molecular flexibility index (Phi) is 5.47. The Labute approximate surface area is 92.7 Å². The third-order valence-electron chi connectivity index (χ3n) is 1.68. The van der Waals surface area contributed by atoms with Gasteiger partial charge in [-0.15, -0.1) is 0 Å². The van der Waals surface area contributed by atoms with E-state index < -0.39 is 0 Å². The predicted molar refractivity (Wildman–Crippen MR) is 61.4 cm³/mol. The monoisotopic (exact) mass is 258 g/mol. The minimum Gasteiger partial charge on any atom is -0.354 e.